The van der Waals surface area contributed by atoms with Crippen LogP contribution in [-0.2, 0) is 0 Å². The van der Waals surface area contributed by atoms with E-state index >= 15 is 0 Å². The van der Waals surface area contributed by atoms with Gasteiger partial charge in [-0.05, 0) is 48.0 Å². The van der Waals surface area contributed by atoms with E-state index in [1.165, 1.54) is 0 Å². The molecular formula is C16H11NO2. The van der Waals surface area contributed by atoms with Crippen molar-refractivity contribution >= 4 is 16.6 Å². The van der Waals surface area contributed by atoms with Gasteiger partial charge in [0.05, 0.1) is 11.0 Å². The van der Waals surface area contributed by atoms with Gasteiger partial charge in [-0.2, -0.15) is 0 Å². The zero-order chi connectivity index (χ0) is 13.0. The van der Waals surface area contributed by atoms with Crippen LogP contribution in [0, 0.1) is 0 Å². The summed E-state index contributed by atoms with van der Waals surface area (Å²) in [6.45, 7) is 0. The molecule has 19 heavy (non-hydrogen) atoms. The summed E-state index contributed by atoms with van der Waals surface area (Å²) in [5.74, 6) is 0.549. The summed E-state index contributed by atoms with van der Waals surface area (Å²) in [7, 11) is 0. The second-order valence-corrected chi connectivity index (χ2v) is 4.69. The number of aromatic nitrogens is 1. The maximum Gasteiger partial charge on any atom is 0.139 e. The first kappa shape index (κ1) is 10.3. The highest BCUT2D eigenvalue weighted by molar-refractivity contribution is 5.92. The van der Waals surface area contributed by atoms with E-state index in [-0.39, 0.29) is 11.5 Å². The summed E-state index contributed by atoms with van der Waals surface area (Å²) in [5, 5.41) is 19.2. The van der Waals surface area contributed by atoms with Crippen molar-refractivity contribution in [2.24, 2.45) is 0 Å². The van der Waals surface area contributed by atoms with Crippen LogP contribution < -0.4 is 0 Å². The maximum absolute atomic E-state index is 9.85. The summed E-state index contributed by atoms with van der Waals surface area (Å²) in [5.41, 5.74) is 5.08. The van der Waals surface area contributed by atoms with Gasteiger partial charge in [-0.3, -0.25) is 0 Å². The number of pyridine rings is 1. The number of phenols is 1. The molecule has 0 spiro atoms. The van der Waals surface area contributed by atoms with E-state index < -0.39 is 0 Å². The van der Waals surface area contributed by atoms with E-state index in [1.807, 2.05) is 34.7 Å². The lowest BCUT2D eigenvalue weighted by atomic mass is 10.1. The van der Waals surface area contributed by atoms with Gasteiger partial charge < -0.3 is 14.6 Å². The molecule has 0 atom stereocenters. The van der Waals surface area contributed by atoms with Gasteiger partial charge in [-0.1, -0.05) is 12.1 Å². The predicted molar refractivity (Wildman–Crippen MR) is 74.9 cm³/mol. The Hall–Kier alpha value is -2.68. The molecule has 0 aliphatic carbocycles. The van der Waals surface area contributed by atoms with E-state index in [9.17, 15) is 10.2 Å². The molecule has 0 bridgehead atoms. The molecule has 4 aromatic rings. The van der Waals surface area contributed by atoms with Gasteiger partial charge in [-0.15, -0.1) is 0 Å². The quantitative estimate of drug-likeness (QED) is 0.541. The van der Waals surface area contributed by atoms with Crippen LogP contribution in [0.4, 0.5) is 0 Å². The molecule has 4 rings (SSSR count). The summed E-state index contributed by atoms with van der Waals surface area (Å²) < 4.78 is 2.04. The van der Waals surface area contributed by atoms with E-state index in [1.54, 1.807) is 18.2 Å². The van der Waals surface area contributed by atoms with E-state index in [0.717, 1.165) is 27.7 Å². The second-order valence-electron chi connectivity index (χ2n) is 4.69. The number of hydrogen-bond acceptors (Lipinski definition) is 2. The minimum Gasteiger partial charge on any atom is -0.508 e. The van der Waals surface area contributed by atoms with Crippen LogP contribution >= 0.6 is 0 Å². The Morgan fingerprint density at radius 3 is 2.26 bits per heavy atom. The molecule has 92 valence electrons. The number of aromatic hydroxyl groups is 2. The standard InChI is InChI=1S/C16H11NO2/c18-12-4-1-10(2-5-12)13-9-11-3-8-16(19)15-7-6-14(13)17(11)15/h1-9,18-19H. The van der Waals surface area contributed by atoms with Crippen molar-refractivity contribution in [1.82, 2.24) is 4.40 Å². The van der Waals surface area contributed by atoms with Gasteiger partial charge >= 0.3 is 0 Å². The first-order valence-corrected chi connectivity index (χ1v) is 6.09. The van der Waals surface area contributed by atoms with Gasteiger partial charge in [0.2, 0.25) is 0 Å². The minimum atomic E-state index is 0.262. The Bertz CT molecular complexity index is 875. The smallest absolute Gasteiger partial charge is 0.139 e. The Balaban J connectivity index is 2.08. The average molecular weight is 249 g/mol. The van der Waals surface area contributed by atoms with E-state index in [0.29, 0.717) is 0 Å². The fourth-order valence-electron chi connectivity index (χ4n) is 2.66. The van der Waals surface area contributed by atoms with Gasteiger partial charge in [0, 0.05) is 11.1 Å². The van der Waals surface area contributed by atoms with E-state index in [4.69, 9.17) is 0 Å². The van der Waals surface area contributed by atoms with Gasteiger partial charge in [0.15, 0.2) is 0 Å². The number of rotatable bonds is 1. The lowest BCUT2D eigenvalue weighted by Crippen LogP contribution is -1.81. The molecule has 2 N–H and O–H groups in total. The van der Waals surface area contributed by atoms with Crippen LogP contribution in [0.15, 0.2) is 54.6 Å². The topological polar surface area (TPSA) is 44.9 Å². The van der Waals surface area contributed by atoms with Crippen molar-refractivity contribution in [3.05, 3.63) is 54.6 Å². The number of nitrogens with zero attached hydrogens (tertiary/aromatic N) is 1. The van der Waals surface area contributed by atoms with Crippen LogP contribution in [0.1, 0.15) is 0 Å². The molecule has 0 aliphatic rings. The summed E-state index contributed by atoms with van der Waals surface area (Å²) in [6.07, 6.45) is 0. The molecule has 3 heterocycles. The summed E-state index contributed by atoms with van der Waals surface area (Å²) >= 11 is 0. The van der Waals surface area contributed by atoms with Crippen molar-refractivity contribution in [2.45, 2.75) is 0 Å². The normalized spacial score (nSPS) is 11.6. The molecule has 0 unspecified atom stereocenters. The van der Waals surface area contributed by atoms with Gasteiger partial charge in [-0.25, -0.2) is 0 Å². The SMILES string of the molecule is Oc1ccc(-c2cc3ccc(O)c4ccc2n34)cc1. The molecular weight excluding hydrogens is 238 g/mol. The summed E-state index contributed by atoms with van der Waals surface area (Å²) in [6, 6.07) is 16.8. The van der Waals surface area contributed by atoms with Crippen LogP contribution in [0.2, 0.25) is 0 Å². The summed E-state index contributed by atoms with van der Waals surface area (Å²) in [4.78, 5) is 0. The highest BCUT2D eigenvalue weighted by Crippen LogP contribution is 2.35. The monoisotopic (exact) mass is 249 g/mol. The molecule has 0 saturated heterocycles. The fourth-order valence-corrected chi connectivity index (χ4v) is 2.66. The lowest BCUT2D eigenvalue weighted by Gasteiger charge is -1.99. The first-order valence-electron chi connectivity index (χ1n) is 6.09. The fraction of sp³-hybridized carbons (Fsp3) is 0. The first-order chi connectivity index (χ1) is 9.24. The maximum atomic E-state index is 9.85. The lowest BCUT2D eigenvalue weighted by molar-refractivity contribution is 0.475. The number of hydrogen-bond donors (Lipinski definition) is 2. The van der Waals surface area contributed by atoms with Crippen molar-refractivity contribution in [2.75, 3.05) is 0 Å². The molecule has 3 heteroatoms. The van der Waals surface area contributed by atoms with Gasteiger partial charge in [0.25, 0.3) is 0 Å². The third kappa shape index (κ3) is 1.32. The highest BCUT2D eigenvalue weighted by Gasteiger charge is 2.13. The van der Waals surface area contributed by atoms with Gasteiger partial charge in [0.1, 0.15) is 11.5 Å². The average Bonchev–Trinajstić information content (AvgIpc) is 2.99. The van der Waals surface area contributed by atoms with Crippen LogP contribution in [0.5, 0.6) is 11.5 Å². The van der Waals surface area contributed by atoms with Crippen molar-refractivity contribution < 1.29 is 10.2 Å². The van der Waals surface area contributed by atoms with Crippen molar-refractivity contribution in [1.29, 1.82) is 0 Å². The zero-order valence-electron chi connectivity index (χ0n) is 10.0. The third-order valence-electron chi connectivity index (χ3n) is 3.56. The Kier molecular flexibility index (Phi) is 1.85. The highest BCUT2D eigenvalue weighted by atomic mass is 16.3. The number of benzene rings is 1. The molecule has 3 nitrogen and oxygen atoms in total. The molecule has 0 radical (unpaired) electrons. The Morgan fingerprint density at radius 1 is 0.737 bits per heavy atom. The van der Waals surface area contributed by atoms with E-state index in [2.05, 4.69) is 6.07 Å². The molecule has 0 fully saturated rings. The largest absolute Gasteiger partial charge is 0.508 e. The molecule has 0 saturated carbocycles. The van der Waals surface area contributed by atoms with Crippen LogP contribution in [0.3, 0.4) is 0 Å². The number of phenolic OH excluding ortho intramolecular Hbond substituents is 1. The minimum absolute atomic E-state index is 0.262. The molecule has 0 amide bonds. The van der Waals surface area contributed by atoms with Crippen LogP contribution in [0.25, 0.3) is 27.7 Å². The Labute approximate surface area is 109 Å². The third-order valence-corrected chi connectivity index (χ3v) is 3.56. The molecule has 1 aromatic carbocycles. The predicted octanol–water partition coefficient (Wildman–Crippen LogP) is 3.61. The second kappa shape index (κ2) is 3.42. The zero-order valence-corrected chi connectivity index (χ0v) is 10.0. The molecule has 0 aliphatic heterocycles. The Morgan fingerprint density at radius 2 is 1.47 bits per heavy atom. The molecule has 3 aromatic heterocycles. The van der Waals surface area contributed by atoms with Crippen LogP contribution in [-0.4, -0.2) is 14.6 Å². The van der Waals surface area contributed by atoms with Crippen molar-refractivity contribution in [3.63, 3.8) is 0 Å². The van der Waals surface area contributed by atoms with Crippen molar-refractivity contribution in [3.8, 4) is 22.6 Å².